The molecule has 1 atom stereocenters. The third-order valence-corrected chi connectivity index (χ3v) is 9.64. The summed E-state index contributed by atoms with van der Waals surface area (Å²) in [6.45, 7) is 0.722. The number of ether oxygens (including phenoxy) is 4. The lowest BCUT2D eigenvalue weighted by atomic mass is 9.80. The number of methoxy groups -OCH3 is 2. The number of benzene rings is 5. The van der Waals surface area contributed by atoms with Gasteiger partial charge in [-0.15, -0.1) is 0 Å². The van der Waals surface area contributed by atoms with Gasteiger partial charge in [0, 0.05) is 26.7 Å². The molecule has 1 aliphatic heterocycles. The van der Waals surface area contributed by atoms with Crippen LogP contribution in [-0.4, -0.2) is 50.4 Å². The molecule has 47 heavy (non-hydrogen) atoms. The first kappa shape index (κ1) is 30.9. The molecular weight excluding hydrogens is 586 g/mol. The summed E-state index contributed by atoms with van der Waals surface area (Å²) in [7, 11) is 3.15. The van der Waals surface area contributed by atoms with Gasteiger partial charge in [-0.3, -0.25) is 4.90 Å². The highest BCUT2D eigenvalue weighted by Crippen LogP contribution is 2.47. The molecular formula is C41H39NO5. The van der Waals surface area contributed by atoms with Crippen LogP contribution in [-0.2, 0) is 24.5 Å². The highest BCUT2D eigenvalue weighted by atomic mass is 16.9. The summed E-state index contributed by atoms with van der Waals surface area (Å²) in [5.74, 6) is -1.68. The topological polar surface area (TPSA) is 57.2 Å². The summed E-state index contributed by atoms with van der Waals surface area (Å²) in [5.41, 5.74) is 6.30. The van der Waals surface area contributed by atoms with Crippen molar-refractivity contribution in [1.82, 2.24) is 4.90 Å². The quantitative estimate of drug-likeness (QED) is 0.115. The molecule has 5 aromatic rings. The van der Waals surface area contributed by atoms with Crippen molar-refractivity contribution in [2.24, 2.45) is 0 Å². The molecule has 1 aliphatic carbocycles. The van der Waals surface area contributed by atoms with Gasteiger partial charge in [0.15, 0.2) is 0 Å². The summed E-state index contributed by atoms with van der Waals surface area (Å²) in [4.78, 5) is 15.7. The minimum atomic E-state index is -1.64. The van der Waals surface area contributed by atoms with Gasteiger partial charge in [-0.05, 0) is 51.8 Å². The molecule has 0 bridgehead atoms. The van der Waals surface area contributed by atoms with Gasteiger partial charge in [0.05, 0.1) is 0 Å². The van der Waals surface area contributed by atoms with Gasteiger partial charge in [-0.25, -0.2) is 4.79 Å². The van der Waals surface area contributed by atoms with Crippen LogP contribution in [0.3, 0.4) is 0 Å². The lowest BCUT2D eigenvalue weighted by molar-refractivity contribution is -0.405. The maximum Gasteiger partial charge on any atom is 0.410 e. The number of fused-ring (bicyclic) bond motifs is 3. The van der Waals surface area contributed by atoms with E-state index in [-0.39, 0.29) is 12.5 Å². The molecule has 0 aromatic heterocycles. The third kappa shape index (κ3) is 5.42. The minimum absolute atomic E-state index is 0.0415. The molecule has 0 radical (unpaired) electrons. The van der Waals surface area contributed by atoms with E-state index in [4.69, 9.17) is 18.9 Å². The van der Waals surface area contributed by atoms with Gasteiger partial charge >= 0.3 is 12.1 Å². The Balaban J connectivity index is 1.23. The Hall–Kier alpha value is -4.75. The van der Waals surface area contributed by atoms with E-state index >= 15 is 0 Å². The van der Waals surface area contributed by atoms with Crippen LogP contribution in [0.2, 0.25) is 0 Å². The van der Waals surface area contributed by atoms with Crippen molar-refractivity contribution in [3.05, 3.63) is 167 Å². The number of carbonyl (C=O) groups is 1. The van der Waals surface area contributed by atoms with Crippen LogP contribution in [0.25, 0.3) is 11.1 Å². The number of nitrogens with zero attached hydrogens (tertiary/aromatic N) is 1. The Morgan fingerprint density at radius 1 is 0.660 bits per heavy atom. The fraction of sp³-hybridized carbons (Fsp3) is 0.244. The zero-order chi connectivity index (χ0) is 32.3. The molecule has 1 heterocycles. The van der Waals surface area contributed by atoms with Crippen LogP contribution >= 0.6 is 0 Å². The van der Waals surface area contributed by atoms with Gasteiger partial charge < -0.3 is 18.9 Å². The standard InChI is InChI=1S/C41H39NO5/c1-44-41(45-2,47-40(30-17-6-3-7-18-30,31-19-8-4-9-20-31)32-21-10-5-11-22-32)38-27-16-28-42(38)39(43)46-29-37-35-25-14-12-23-33(35)34-24-13-15-26-36(34)37/h3-15,17-26,37-38H,16,27-29H2,1-2H3/t38-/m0/s1. The summed E-state index contributed by atoms with van der Waals surface area (Å²) in [6.07, 6.45) is 0.948. The Bertz CT molecular complexity index is 1660. The first-order chi connectivity index (χ1) is 23.1. The second kappa shape index (κ2) is 13.2. The molecule has 2 aliphatic rings. The van der Waals surface area contributed by atoms with Crippen LogP contribution in [0.1, 0.15) is 46.6 Å². The minimum Gasteiger partial charge on any atom is -0.448 e. The van der Waals surface area contributed by atoms with Crippen LogP contribution in [0.4, 0.5) is 4.79 Å². The van der Waals surface area contributed by atoms with Crippen molar-refractivity contribution in [2.45, 2.75) is 36.4 Å². The van der Waals surface area contributed by atoms with E-state index in [1.54, 1.807) is 19.1 Å². The van der Waals surface area contributed by atoms with Gasteiger partial charge in [0.1, 0.15) is 18.2 Å². The lowest BCUT2D eigenvalue weighted by Gasteiger charge is -2.46. The first-order valence-corrected chi connectivity index (χ1v) is 16.2. The van der Waals surface area contributed by atoms with Gasteiger partial charge in [0.2, 0.25) is 0 Å². The van der Waals surface area contributed by atoms with Crippen LogP contribution in [0, 0.1) is 0 Å². The van der Waals surface area contributed by atoms with Crippen molar-refractivity contribution in [3.63, 3.8) is 0 Å². The van der Waals surface area contributed by atoms with Crippen LogP contribution in [0.15, 0.2) is 140 Å². The van der Waals surface area contributed by atoms with Crippen molar-refractivity contribution < 1.29 is 23.7 Å². The molecule has 5 aromatic carbocycles. The highest BCUT2D eigenvalue weighted by Gasteiger charge is 2.55. The monoisotopic (exact) mass is 625 g/mol. The Kier molecular flexibility index (Phi) is 8.65. The molecule has 238 valence electrons. The fourth-order valence-electron chi connectivity index (χ4n) is 7.45. The third-order valence-electron chi connectivity index (χ3n) is 9.64. The van der Waals surface area contributed by atoms with Gasteiger partial charge in [-0.2, -0.15) is 0 Å². The first-order valence-electron chi connectivity index (χ1n) is 16.2. The lowest BCUT2D eigenvalue weighted by Crippen LogP contribution is -2.59. The average Bonchev–Trinajstić information content (AvgIpc) is 3.77. The Labute approximate surface area is 276 Å². The molecule has 0 N–H and O–H groups in total. The zero-order valence-electron chi connectivity index (χ0n) is 26.8. The van der Waals surface area contributed by atoms with E-state index in [1.165, 1.54) is 22.3 Å². The number of rotatable bonds is 10. The van der Waals surface area contributed by atoms with E-state index in [2.05, 4.69) is 24.3 Å². The number of likely N-dealkylation sites (tertiary alicyclic amines) is 1. The second-order valence-electron chi connectivity index (χ2n) is 12.0. The zero-order valence-corrected chi connectivity index (χ0v) is 26.8. The molecule has 7 rings (SSSR count). The molecule has 0 unspecified atom stereocenters. The van der Waals surface area contributed by atoms with Gasteiger partial charge in [-0.1, -0.05) is 140 Å². The maximum atomic E-state index is 14.0. The van der Waals surface area contributed by atoms with E-state index in [0.717, 1.165) is 23.1 Å². The fourth-order valence-corrected chi connectivity index (χ4v) is 7.45. The number of carbonyl (C=O) groups excluding carboxylic acids is 1. The summed E-state index contributed by atoms with van der Waals surface area (Å²) < 4.78 is 26.0. The Morgan fingerprint density at radius 3 is 1.57 bits per heavy atom. The molecule has 1 saturated heterocycles. The van der Waals surface area contributed by atoms with Crippen molar-refractivity contribution in [2.75, 3.05) is 27.4 Å². The summed E-state index contributed by atoms with van der Waals surface area (Å²) >= 11 is 0. The molecule has 1 fully saturated rings. The number of amides is 1. The largest absolute Gasteiger partial charge is 0.448 e. The molecule has 6 heteroatoms. The van der Waals surface area contributed by atoms with Crippen molar-refractivity contribution in [3.8, 4) is 11.1 Å². The van der Waals surface area contributed by atoms with E-state index in [0.29, 0.717) is 13.0 Å². The van der Waals surface area contributed by atoms with Crippen LogP contribution < -0.4 is 0 Å². The molecule has 1 amide bonds. The van der Waals surface area contributed by atoms with E-state index in [1.807, 2.05) is 115 Å². The molecule has 0 spiro atoms. The van der Waals surface area contributed by atoms with E-state index < -0.39 is 23.7 Å². The smallest absolute Gasteiger partial charge is 0.410 e. The summed E-state index contributed by atoms with van der Waals surface area (Å²) in [6, 6.07) is 46.4. The van der Waals surface area contributed by atoms with Crippen molar-refractivity contribution in [1.29, 1.82) is 0 Å². The molecule has 0 saturated carbocycles. The summed E-state index contributed by atoms with van der Waals surface area (Å²) in [5, 5.41) is 0. The SMILES string of the molecule is COC(OC)(OC(c1ccccc1)(c1ccccc1)c1ccccc1)[C@@H]1CCCN1C(=O)OCC1c2ccccc2-c2ccccc21. The number of hydrogen-bond acceptors (Lipinski definition) is 5. The predicted octanol–water partition coefficient (Wildman–Crippen LogP) is 8.36. The normalized spacial score (nSPS) is 16.1. The van der Waals surface area contributed by atoms with Gasteiger partial charge in [0.25, 0.3) is 0 Å². The van der Waals surface area contributed by atoms with Crippen LogP contribution in [0.5, 0.6) is 0 Å². The van der Waals surface area contributed by atoms with Crippen molar-refractivity contribution >= 4 is 6.09 Å². The molecule has 6 nitrogen and oxygen atoms in total. The maximum absolute atomic E-state index is 14.0. The predicted molar refractivity (Wildman–Crippen MR) is 182 cm³/mol. The van der Waals surface area contributed by atoms with E-state index in [9.17, 15) is 4.79 Å². The highest BCUT2D eigenvalue weighted by molar-refractivity contribution is 5.79. The average molecular weight is 626 g/mol. The number of hydrogen-bond donors (Lipinski definition) is 0. The Morgan fingerprint density at radius 2 is 1.11 bits per heavy atom. The second-order valence-corrected chi connectivity index (χ2v) is 12.0.